The summed E-state index contributed by atoms with van der Waals surface area (Å²) in [7, 11) is 0. The molecule has 5 unspecified atom stereocenters. The minimum absolute atomic E-state index is 0.582. The summed E-state index contributed by atoms with van der Waals surface area (Å²) in [6.45, 7) is 7.88. The van der Waals surface area contributed by atoms with E-state index in [9.17, 15) is 0 Å². The zero-order valence-electron chi connectivity index (χ0n) is 12.0. The molecule has 0 aliphatic heterocycles. The number of fused-ring (bicyclic) bond motifs is 1. The average molecular weight is 238 g/mol. The summed E-state index contributed by atoms with van der Waals surface area (Å²) < 4.78 is 6.08. The Bertz CT molecular complexity index is 215. The molecule has 0 radical (unpaired) electrons. The van der Waals surface area contributed by atoms with E-state index in [4.69, 9.17) is 4.74 Å². The molecule has 1 nitrogen and oxygen atoms in total. The van der Waals surface area contributed by atoms with Crippen molar-refractivity contribution in [2.24, 2.45) is 23.7 Å². The third-order valence-corrected chi connectivity index (χ3v) is 5.26. The lowest BCUT2D eigenvalue weighted by Gasteiger charge is -2.48. The van der Waals surface area contributed by atoms with E-state index in [1.165, 1.54) is 44.9 Å². The van der Waals surface area contributed by atoms with Gasteiger partial charge in [0.2, 0.25) is 0 Å². The first kappa shape index (κ1) is 13.4. The van der Waals surface area contributed by atoms with E-state index in [0.29, 0.717) is 6.10 Å². The van der Waals surface area contributed by atoms with Crippen molar-refractivity contribution in [3.05, 3.63) is 0 Å². The first-order valence-corrected chi connectivity index (χ1v) is 7.89. The lowest BCUT2D eigenvalue weighted by Crippen LogP contribution is -2.45. The summed E-state index contributed by atoms with van der Waals surface area (Å²) in [6.07, 6.45) is 10.5. The lowest BCUT2D eigenvalue weighted by atomic mass is 9.60. The third-order valence-electron chi connectivity index (χ3n) is 5.26. The quantitative estimate of drug-likeness (QED) is 0.692. The maximum Gasteiger partial charge on any atom is 0.0608 e. The van der Waals surface area contributed by atoms with Gasteiger partial charge in [0.25, 0.3) is 0 Å². The molecule has 0 bridgehead atoms. The average Bonchev–Trinajstić information content (AvgIpc) is 2.34. The van der Waals surface area contributed by atoms with Crippen molar-refractivity contribution < 1.29 is 4.74 Å². The van der Waals surface area contributed by atoms with E-state index in [1.807, 2.05) is 0 Å². The van der Waals surface area contributed by atoms with Gasteiger partial charge in [-0.15, -0.1) is 0 Å². The molecule has 0 N–H and O–H groups in total. The minimum atomic E-state index is 0.582. The van der Waals surface area contributed by atoms with Crippen molar-refractivity contribution >= 4 is 0 Å². The molecular weight excluding hydrogens is 208 g/mol. The van der Waals surface area contributed by atoms with Gasteiger partial charge < -0.3 is 4.74 Å². The standard InChI is InChI=1S/C16H30O/c1-4-7-13-8-6-9-14-12(3)10-11-15(16(13)14)17-5-2/h12-16H,4-11H2,1-3H3. The predicted octanol–water partition coefficient (Wildman–Crippen LogP) is 4.65. The Morgan fingerprint density at radius 1 is 1.06 bits per heavy atom. The summed E-state index contributed by atoms with van der Waals surface area (Å²) in [5.74, 6) is 3.74. The van der Waals surface area contributed by atoms with Crippen LogP contribution in [0.1, 0.15) is 65.7 Å². The SMILES string of the molecule is CCCC1CCCC2C(C)CCC(OCC)C12. The van der Waals surface area contributed by atoms with Gasteiger partial charge in [0.1, 0.15) is 0 Å². The molecule has 0 aromatic heterocycles. The minimum Gasteiger partial charge on any atom is -0.378 e. The van der Waals surface area contributed by atoms with Crippen LogP contribution in [0.2, 0.25) is 0 Å². The first-order chi connectivity index (χ1) is 8.27. The van der Waals surface area contributed by atoms with Gasteiger partial charge >= 0.3 is 0 Å². The summed E-state index contributed by atoms with van der Waals surface area (Å²) in [6, 6.07) is 0. The van der Waals surface area contributed by atoms with Crippen molar-refractivity contribution in [1.29, 1.82) is 0 Å². The van der Waals surface area contributed by atoms with Crippen LogP contribution < -0.4 is 0 Å². The summed E-state index contributed by atoms with van der Waals surface area (Å²) in [4.78, 5) is 0. The van der Waals surface area contributed by atoms with Crippen LogP contribution in [-0.4, -0.2) is 12.7 Å². The molecule has 100 valence electrons. The molecule has 2 rings (SSSR count). The van der Waals surface area contributed by atoms with E-state index in [-0.39, 0.29) is 0 Å². The molecule has 2 fully saturated rings. The smallest absolute Gasteiger partial charge is 0.0608 e. The number of ether oxygens (including phenoxy) is 1. The second-order valence-corrected chi connectivity index (χ2v) is 6.27. The first-order valence-electron chi connectivity index (χ1n) is 7.89. The Labute approximate surface area is 107 Å². The zero-order valence-corrected chi connectivity index (χ0v) is 12.0. The van der Waals surface area contributed by atoms with Crippen LogP contribution in [0.4, 0.5) is 0 Å². The lowest BCUT2D eigenvalue weighted by molar-refractivity contribution is -0.0851. The van der Waals surface area contributed by atoms with E-state index in [1.54, 1.807) is 0 Å². The molecule has 0 aromatic rings. The van der Waals surface area contributed by atoms with Gasteiger partial charge in [-0.05, 0) is 49.9 Å². The number of rotatable bonds is 4. The van der Waals surface area contributed by atoms with E-state index in [0.717, 1.165) is 30.3 Å². The van der Waals surface area contributed by atoms with Crippen molar-refractivity contribution in [2.45, 2.75) is 71.8 Å². The highest BCUT2D eigenvalue weighted by Crippen LogP contribution is 2.48. The van der Waals surface area contributed by atoms with Gasteiger partial charge in [-0.2, -0.15) is 0 Å². The van der Waals surface area contributed by atoms with Crippen LogP contribution in [0, 0.1) is 23.7 Å². The Morgan fingerprint density at radius 3 is 2.59 bits per heavy atom. The summed E-state index contributed by atoms with van der Waals surface area (Å²) >= 11 is 0. The molecule has 0 amide bonds. The molecule has 1 heteroatoms. The topological polar surface area (TPSA) is 9.23 Å². The van der Waals surface area contributed by atoms with Crippen molar-refractivity contribution in [1.82, 2.24) is 0 Å². The molecule has 17 heavy (non-hydrogen) atoms. The van der Waals surface area contributed by atoms with Crippen molar-refractivity contribution in [3.63, 3.8) is 0 Å². The molecule has 2 saturated carbocycles. The van der Waals surface area contributed by atoms with Gasteiger partial charge in [0, 0.05) is 6.61 Å². The van der Waals surface area contributed by atoms with E-state index < -0.39 is 0 Å². The second-order valence-electron chi connectivity index (χ2n) is 6.27. The highest BCUT2D eigenvalue weighted by Gasteiger charge is 2.43. The maximum atomic E-state index is 6.08. The van der Waals surface area contributed by atoms with Gasteiger partial charge in [0.05, 0.1) is 6.10 Å². The van der Waals surface area contributed by atoms with Gasteiger partial charge in [0.15, 0.2) is 0 Å². The highest BCUT2D eigenvalue weighted by atomic mass is 16.5. The molecule has 0 aromatic carbocycles. The van der Waals surface area contributed by atoms with Crippen LogP contribution in [-0.2, 0) is 4.74 Å². The van der Waals surface area contributed by atoms with Crippen LogP contribution in [0.3, 0.4) is 0 Å². The van der Waals surface area contributed by atoms with Crippen LogP contribution in [0.15, 0.2) is 0 Å². The van der Waals surface area contributed by atoms with Crippen LogP contribution >= 0.6 is 0 Å². The van der Waals surface area contributed by atoms with Crippen LogP contribution in [0.25, 0.3) is 0 Å². The molecule has 0 spiro atoms. The largest absolute Gasteiger partial charge is 0.378 e. The highest BCUT2D eigenvalue weighted by molar-refractivity contribution is 4.93. The zero-order chi connectivity index (χ0) is 12.3. The fourth-order valence-corrected chi connectivity index (χ4v) is 4.54. The third kappa shape index (κ3) is 2.86. The van der Waals surface area contributed by atoms with Crippen LogP contribution in [0.5, 0.6) is 0 Å². The molecular formula is C16H30O. The molecule has 2 aliphatic rings. The molecule has 2 aliphatic carbocycles. The normalized spacial score (nSPS) is 42.2. The van der Waals surface area contributed by atoms with E-state index >= 15 is 0 Å². The molecule has 0 heterocycles. The second kappa shape index (κ2) is 6.22. The summed E-state index contributed by atoms with van der Waals surface area (Å²) in [5, 5.41) is 0. The Kier molecular flexibility index (Phi) is 4.90. The number of hydrogen-bond donors (Lipinski definition) is 0. The Hall–Kier alpha value is -0.0400. The fourth-order valence-electron chi connectivity index (χ4n) is 4.54. The molecule has 5 atom stereocenters. The van der Waals surface area contributed by atoms with Gasteiger partial charge in [-0.3, -0.25) is 0 Å². The van der Waals surface area contributed by atoms with Gasteiger partial charge in [-0.1, -0.05) is 39.5 Å². The fraction of sp³-hybridized carbons (Fsp3) is 1.00. The van der Waals surface area contributed by atoms with Crippen molar-refractivity contribution in [2.75, 3.05) is 6.61 Å². The predicted molar refractivity (Wildman–Crippen MR) is 73.0 cm³/mol. The summed E-state index contributed by atoms with van der Waals surface area (Å²) in [5.41, 5.74) is 0. The molecule has 0 saturated heterocycles. The Morgan fingerprint density at radius 2 is 1.88 bits per heavy atom. The van der Waals surface area contributed by atoms with E-state index in [2.05, 4.69) is 20.8 Å². The maximum absolute atomic E-state index is 6.08. The number of hydrogen-bond acceptors (Lipinski definition) is 1. The van der Waals surface area contributed by atoms with Gasteiger partial charge in [-0.25, -0.2) is 0 Å². The van der Waals surface area contributed by atoms with Crippen molar-refractivity contribution in [3.8, 4) is 0 Å². The monoisotopic (exact) mass is 238 g/mol. The Balaban J connectivity index is 2.09.